The summed E-state index contributed by atoms with van der Waals surface area (Å²) < 4.78 is 7.25. The lowest BCUT2D eigenvalue weighted by Gasteiger charge is -2.28. The Morgan fingerprint density at radius 2 is 2.04 bits per heavy atom. The van der Waals surface area contributed by atoms with Crippen molar-refractivity contribution in [2.24, 2.45) is 7.05 Å². The Bertz CT molecular complexity index is 690. The van der Waals surface area contributed by atoms with E-state index in [-0.39, 0.29) is 5.91 Å². The summed E-state index contributed by atoms with van der Waals surface area (Å²) in [4.78, 5) is 19.1. The molecule has 1 aliphatic heterocycles. The number of anilines is 1. The van der Waals surface area contributed by atoms with Crippen LogP contribution in [-0.2, 0) is 18.3 Å². The number of carbonyl (C=O) groups excluding carboxylic acids is 1. The third-order valence-corrected chi connectivity index (χ3v) is 4.16. The lowest BCUT2D eigenvalue weighted by Crippen LogP contribution is -2.37. The molecule has 2 aromatic rings. The topological polar surface area (TPSA) is 59.4 Å². The number of nitrogens with zero attached hydrogens (tertiary/aromatic N) is 3. The van der Waals surface area contributed by atoms with Gasteiger partial charge in [-0.25, -0.2) is 4.98 Å². The van der Waals surface area contributed by atoms with Crippen molar-refractivity contribution in [3.8, 4) is 0 Å². The summed E-state index contributed by atoms with van der Waals surface area (Å²) in [5, 5.41) is 2.93. The van der Waals surface area contributed by atoms with Crippen LogP contribution in [0.3, 0.4) is 0 Å². The summed E-state index contributed by atoms with van der Waals surface area (Å²) in [5.41, 5.74) is 2.57. The van der Waals surface area contributed by atoms with Crippen molar-refractivity contribution in [1.82, 2.24) is 14.9 Å². The van der Waals surface area contributed by atoms with Crippen LogP contribution < -0.4 is 10.2 Å². The van der Waals surface area contributed by atoms with E-state index < -0.39 is 0 Å². The summed E-state index contributed by atoms with van der Waals surface area (Å²) in [5.74, 6) is 0.855. The zero-order valence-corrected chi connectivity index (χ0v) is 13.6. The van der Waals surface area contributed by atoms with E-state index in [2.05, 4.69) is 15.2 Å². The molecule has 3 rings (SSSR count). The van der Waals surface area contributed by atoms with Gasteiger partial charge in [-0.1, -0.05) is 6.07 Å². The largest absolute Gasteiger partial charge is 0.378 e. The van der Waals surface area contributed by atoms with Crippen molar-refractivity contribution in [1.29, 1.82) is 0 Å². The monoisotopic (exact) mass is 314 g/mol. The molecule has 3 heterocycles. The van der Waals surface area contributed by atoms with Crippen molar-refractivity contribution >= 4 is 11.7 Å². The van der Waals surface area contributed by atoms with Crippen LogP contribution in [-0.4, -0.2) is 41.8 Å². The second kappa shape index (κ2) is 6.83. The molecule has 0 aromatic carbocycles. The quantitative estimate of drug-likeness (QED) is 0.929. The number of nitrogens with one attached hydrogen (secondary N) is 1. The molecule has 0 bridgehead atoms. The summed E-state index contributed by atoms with van der Waals surface area (Å²) >= 11 is 0. The van der Waals surface area contributed by atoms with Crippen molar-refractivity contribution in [3.63, 3.8) is 0 Å². The summed E-state index contributed by atoms with van der Waals surface area (Å²) in [6, 6.07) is 9.68. The Morgan fingerprint density at radius 3 is 2.74 bits per heavy atom. The van der Waals surface area contributed by atoms with Gasteiger partial charge in [0.05, 0.1) is 25.5 Å². The van der Waals surface area contributed by atoms with Crippen molar-refractivity contribution < 1.29 is 9.53 Å². The molecule has 2 aromatic heterocycles. The van der Waals surface area contributed by atoms with Gasteiger partial charge in [-0.05, 0) is 31.2 Å². The highest BCUT2D eigenvalue weighted by Gasteiger charge is 2.14. The van der Waals surface area contributed by atoms with E-state index in [1.165, 1.54) is 0 Å². The third-order valence-electron chi connectivity index (χ3n) is 4.16. The van der Waals surface area contributed by atoms with Gasteiger partial charge in [-0.3, -0.25) is 4.79 Å². The second-order valence-electron chi connectivity index (χ2n) is 5.69. The SMILES string of the molecule is Cc1ccc(C(=O)NCc2cccc(N3CCOCC3)n2)n1C. The first-order chi connectivity index (χ1) is 11.1. The van der Waals surface area contributed by atoms with E-state index in [4.69, 9.17) is 4.74 Å². The number of morpholine rings is 1. The Kier molecular flexibility index (Phi) is 4.62. The molecule has 122 valence electrons. The predicted octanol–water partition coefficient (Wildman–Crippen LogP) is 1.50. The van der Waals surface area contributed by atoms with Gasteiger partial charge in [0.1, 0.15) is 11.5 Å². The maximum absolute atomic E-state index is 12.3. The van der Waals surface area contributed by atoms with E-state index in [1.54, 1.807) is 0 Å². The van der Waals surface area contributed by atoms with Gasteiger partial charge in [0.15, 0.2) is 0 Å². The van der Waals surface area contributed by atoms with Gasteiger partial charge >= 0.3 is 0 Å². The highest BCUT2D eigenvalue weighted by atomic mass is 16.5. The van der Waals surface area contributed by atoms with E-state index in [9.17, 15) is 4.79 Å². The van der Waals surface area contributed by atoms with Crippen LogP contribution in [0.1, 0.15) is 21.9 Å². The molecule has 0 unspecified atom stereocenters. The molecule has 0 radical (unpaired) electrons. The third kappa shape index (κ3) is 3.53. The van der Waals surface area contributed by atoms with Gasteiger partial charge in [0, 0.05) is 25.8 Å². The van der Waals surface area contributed by atoms with E-state index >= 15 is 0 Å². The molecular formula is C17H22N4O2. The fourth-order valence-electron chi connectivity index (χ4n) is 2.64. The lowest BCUT2D eigenvalue weighted by atomic mass is 10.3. The summed E-state index contributed by atoms with van der Waals surface area (Å²) in [6.07, 6.45) is 0. The fraction of sp³-hybridized carbons (Fsp3) is 0.412. The number of aromatic nitrogens is 2. The molecule has 1 aliphatic rings. The standard InChI is InChI=1S/C17H22N4O2/c1-13-6-7-15(20(13)2)17(22)18-12-14-4-3-5-16(19-14)21-8-10-23-11-9-21/h3-7H,8-12H2,1-2H3,(H,18,22). The minimum absolute atomic E-state index is 0.0841. The number of rotatable bonds is 4. The number of hydrogen-bond acceptors (Lipinski definition) is 4. The van der Waals surface area contributed by atoms with Crippen LogP contribution in [0.5, 0.6) is 0 Å². The molecule has 1 saturated heterocycles. The predicted molar refractivity (Wildman–Crippen MR) is 88.6 cm³/mol. The van der Waals surface area contributed by atoms with Gasteiger partial charge in [-0.15, -0.1) is 0 Å². The number of amides is 1. The number of carbonyl (C=O) groups is 1. The Morgan fingerprint density at radius 1 is 1.26 bits per heavy atom. The first-order valence-electron chi connectivity index (χ1n) is 7.84. The fourth-order valence-corrected chi connectivity index (χ4v) is 2.64. The Balaban J connectivity index is 1.64. The van der Waals surface area contributed by atoms with E-state index in [0.717, 1.165) is 43.5 Å². The lowest BCUT2D eigenvalue weighted by molar-refractivity contribution is 0.0942. The molecule has 6 nitrogen and oxygen atoms in total. The minimum atomic E-state index is -0.0841. The highest BCUT2D eigenvalue weighted by molar-refractivity contribution is 5.92. The van der Waals surface area contributed by atoms with Crippen molar-refractivity contribution in [2.45, 2.75) is 13.5 Å². The zero-order valence-electron chi connectivity index (χ0n) is 13.6. The minimum Gasteiger partial charge on any atom is -0.378 e. The van der Waals surface area contributed by atoms with Crippen molar-refractivity contribution in [2.75, 3.05) is 31.2 Å². The molecule has 1 amide bonds. The average molecular weight is 314 g/mol. The molecule has 1 fully saturated rings. The highest BCUT2D eigenvalue weighted by Crippen LogP contribution is 2.13. The normalized spacial score (nSPS) is 14.8. The maximum atomic E-state index is 12.3. The van der Waals surface area contributed by atoms with E-state index in [1.807, 2.05) is 48.9 Å². The van der Waals surface area contributed by atoms with E-state index in [0.29, 0.717) is 12.2 Å². The van der Waals surface area contributed by atoms with Gasteiger partial charge < -0.3 is 19.5 Å². The van der Waals surface area contributed by atoms with Crippen LogP contribution in [0.25, 0.3) is 0 Å². The first-order valence-corrected chi connectivity index (χ1v) is 7.84. The van der Waals surface area contributed by atoms with Crippen LogP contribution in [0.2, 0.25) is 0 Å². The van der Waals surface area contributed by atoms with Gasteiger partial charge in [0.2, 0.25) is 0 Å². The Hall–Kier alpha value is -2.34. The number of hydrogen-bond donors (Lipinski definition) is 1. The molecule has 6 heteroatoms. The average Bonchev–Trinajstić information content (AvgIpc) is 2.93. The maximum Gasteiger partial charge on any atom is 0.268 e. The molecular weight excluding hydrogens is 292 g/mol. The molecule has 0 aliphatic carbocycles. The summed E-state index contributed by atoms with van der Waals surface area (Å²) in [7, 11) is 1.89. The number of pyridine rings is 1. The molecule has 1 N–H and O–H groups in total. The van der Waals surface area contributed by atoms with Gasteiger partial charge in [-0.2, -0.15) is 0 Å². The van der Waals surface area contributed by atoms with Gasteiger partial charge in [0.25, 0.3) is 5.91 Å². The van der Waals surface area contributed by atoms with Crippen LogP contribution in [0.4, 0.5) is 5.82 Å². The smallest absolute Gasteiger partial charge is 0.268 e. The zero-order chi connectivity index (χ0) is 16.2. The second-order valence-corrected chi connectivity index (χ2v) is 5.69. The molecule has 0 atom stereocenters. The first kappa shape index (κ1) is 15.6. The molecule has 0 saturated carbocycles. The number of ether oxygens (including phenoxy) is 1. The number of aryl methyl sites for hydroxylation is 1. The van der Waals surface area contributed by atoms with Crippen LogP contribution in [0.15, 0.2) is 30.3 Å². The van der Waals surface area contributed by atoms with Crippen molar-refractivity contribution in [3.05, 3.63) is 47.4 Å². The van der Waals surface area contributed by atoms with Crippen LogP contribution >= 0.6 is 0 Å². The Labute approximate surface area is 136 Å². The van der Waals surface area contributed by atoms with Crippen LogP contribution in [0, 0.1) is 6.92 Å². The molecule has 0 spiro atoms. The molecule has 23 heavy (non-hydrogen) atoms. The summed E-state index contributed by atoms with van der Waals surface area (Å²) in [6.45, 7) is 5.56.